The van der Waals surface area contributed by atoms with Crippen LogP contribution < -0.4 is 0 Å². The van der Waals surface area contributed by atoms with Gasteiger partial charge in [0.05, 0.1) is 26.1 Å². The first-order valence-electron chi connectivity index (χ1n) is 6.68. The van der Waals surface area contributed by atoms with Gasteiger partial charge in [-0.2, -0.15) is 0 Å². The van der Waals surface area contributed by atoms with Crippen molar-refractivity contribution in [2.45, 2.75) is 6.10 Å². The van der Waals surface area contributed by atoms with Crippen LogP contribution >= 0.6 is 7.53 Å². The number of likely N-dealkylation sites (N-methyl/N-ethyl adjacent to an activating group) is 1. The molecule has 6 heteroatoms. The average Bonchev–Trinajstić information content (AvgIpc) is 2.86. The molecule has 1 heterocycles. The predicted octanol–water partition coefficient (Wildman–Crippen LogP) is 3.31. The van der Waals surface area contributed by atoms with Gasteiger partial charge in [0.15, 0.2) is 0 Å². The third kappa shape index (κ3) is 3.91. The topological polar surface area (TPSA) is 63.4 Å². The highest BCUT2D eigenvalue weighted by Gasteiger charge is 2.20. The lowest BCUT2D eigenvalue weighted by molar-refractivity contribution is -0.874. The number of nitro benzene ring substituents is 1. The molecule has 1 N–H and O–H groups in total. The summed E-state index contributed by atoms with van der Waals surface area (Å²) in [6.07, 6.45) is -0.499. The lowest BCUT2D eigenvalue weighted by Crippen LogP contribution is -2.38. The molecule has 0 radical (unpaired) electrons. The monoisotopic (exact) mass is 307 g/mol. The van der Waals surface area contributed by atoms with Crippen LogP contribution in [0.5, 0.6) is 0 Å². The van der Waals surface area contributed by atoms with Crippen molar-refractivity contribution < 1.29 is 14.5 Å². The summed E-state index contributed by atoms with van der Waals surface area (Å²) in [5, 5.41) is 23.2. The molecule has 0 saturated carbocycles. The Morgan fingerprint density at radius 2 is 1.86 bits per heavy atom. The SMILES string of the molecule is C[N+](C)(C)CC(O)c1cccp1-c1ccc([N+](=O)[O-])cc1. The number of nitro groups is 1. The van der Waals surface area contributed by atoms with E-state index >= 15 is 0 Å². The van der Waals surface area contributed by atoms with Crippen molar-refractivity contribution in [1.29, 1.82) is 0 Å². The van der Waals surface area contributed by atoms with E-state index in [2.05, 4.69) is 5.80 Å². The van der Waals surface area contributed by atoms with Gasteiger partial charge in [-0.15, -0.1) is 0 Å². The molecule has 0 amide bonds. The van der Waals surface area contributed by atoms with E-state index in [4.69, 9.17) is 0 Å². The van der Waals surface area contributed by atoms with Crippen molar-refractivity contribution in [1.82, 2.24) is 0 Å². The summed E-state index contributed by atoms with van der Waals surface area (Å²) in [5.74, 6) is 2.07. The van der Waals surface area contributed by atoms with Crippen molar-refractivity contribution in [3.63, 3.8) is 0 Å². The maximum absolute atomic E-state index is 10.7. The second-order valence-electron chi connectivity index (χ2n) is 6.07. The fraction of sp³-hybridized carbons (Fsp3) is 0.333. The van der Waals surface area contributed by atoms with Gasteiger partial charge < -0.3 is 9.59 Å². The zero-order chi connectivity index (χ0) is 15.6. The Bertz CT molecular complexity index is 629. The smallest absolute Gasteiger partial charge is 0.269 e. The van der Waals surface area contributed by atoms with E-state index in [9.17, 15) is 15.2 Å². The van der Waals surface area contributed by atoms with E-state index < -0.39 is 18.6 Å². The molecule has 1 aromatic heterocycles. The molecule has 112 valence electrons. The van der Waals surface area contributed by atoms with Gasteiger partial charge in [0.1, 0.15) is 12.6 Å². The van der Waals surface area contributed by atoms with E-state index in [1.165, 1.54) is 12.1 Å². The van der Waals surface area contributed by atoms with Crippen LogP contribution in [0.25, 0.3) is 5.30 Å². The highest BCUT2D eigenvalue weighted by atomic mass is 31.1. The Morgan fingerprint density at radius 1 is 1.24 bits per heavy atom. The standard InChI is InChI=1S/C15H20N2O3P/c1-17(2,3)11-14(18)15-5-4-10-21(15)13-8-6-12(7-9-13)16(19)20/h4-10,14,18H,11H2,1-3H3/q+1. The highest BCUT2D eigenvalue weighted by Crippen LogP contribution is 2.47. The quantitative estimate of drug-likeness (QED) is 0.523. The number of benzene rings is 1. The third-order valence-electron chi connectivity index (χ3n) is 3.18. The van der Waals surface area contributed by atoms with Gasteiger partial charge in [0.25, 0.3) is 5.69 Å². The Balaban J connectivity index is 2.29. The first kappa shape index (κ1) is 15.7. The Kier molecular flexibility index (Phi) is 4.47. The number of aliphatic hydroxyl groups excluding tert-OH is 1. The number of non-ortho nitro benzene ring substituents is 1. The molecule has 0 aliphatic rings. The highest BCUT2D eigenvalue weighted by molar-refractivity contribution is 7.57. The van der Waals surface area contributed by atoms with Crippen molar-refractivity contribution in [3.05, 3.63) is 57.6 Å². The maximum atomic E-state index is 10.7. The molecule has 0 aliphatic carbocycles. The molecule has 2 unspecified atom stereocenters. The summed E-state index contributed by atoms with van der Waals surface area (Å²) in [4.78, 5) is 10.3. The molecule has 2 aromatic rings. The minimum Gasteiger partial charge on any atom is -0.382 e. The fourth-order valence-electron chi connectivity index (χ4n) is 2.25. The number of hydrogen-bond donors (Lipinski definition) is 1. The Labute approximate surface area is 125 Å². The van der Waals surface area contributed by atoms with E-state index in [1.54, 1.807) is 12.1 Å². The molecular weight excluding hydrogens is 287 g/mol. The Morgan fingerprint density at radius 3 is 2.38 bits per heavy atom. The number of hydrogen-bond acceptors (Lipinski definition) is 3. The molecule has 0 spiro atoms. The molecular formula is C15H20N2O3P+. The van der Waals surface area contributed by atoms with Crippen LogP contribution in [-0.2, 0) is 0 Å². The van der Waals surface area contributed by atoms with Crippen LogP contribution in [0, 0.1) is 10.1 Å². The van der Waals surface area contributed by atoms with Crippen molar-refractivity contribution >= 4 is 13.2 Å². The molecule has 0 saturated heterocycles. The first-order valence-corrected chi connectivity index (χ1v) is 8.09. The van der Waals surface area contributed by atoms with Crippen LogP contribution in [0.2, 0.25) is 0 Å². The van der Waals surface area contributed by atoms with Gasteiger partial charge in [-0.05, 0) is 23.2 Å². The van der Waals surface area contributed by atoms with E-state index in [0.717, 1.165) is 10.6 Å². The minimum atomic E-state index is -0.730. The zero-order valence-corrected chi connectivity index (χ0v) is 13.3. The zero-order valence-electron chi connectivity index (χ0n) is 12.4. The van der Waals surface area contributed by atoms with Gasteiger partial charge >= 0.3 is 0 Å². The fourth-order valence-corrected chi connectivity index (χ4v) is 4.27. The summed E-state index contributed by atoms with van der Waals surface area (Å²) < 4.78 is 0.682. The molecule has 21 heavy (non-hydrogen) atoms. The second-order valence-corrected chi connectivity index (χ2v) is 8.14. The summed E-state index contributed by atoms with van der Waals surface area (Å²) in [5.41, 5.74) is 0.0920. The van der Waals surface area contributed by atoms with Crippen molar-refractivity contribution in [2.24, 2.45) is 0 Å². The summed E-state index contributed by atoms with van der Waals surface area (Å²) in [6, 6.07) is 10.5. The number of aliphatic hydroxyl groups is 1. The van der Waals surface area contributed by atoms with Crippen molar-refractivity contribution in [2.75, 3.05) is 27.7 Å². The molecule has 2 rings (SSSR count). The van der Waals surface area contributed by atoms with Crippen molar-refractivity contribution in [3.8, 4) is 5.30 Å². The van der Waals surface area contributed by atoms with Gasteiger partial charge in [-0.3, -0.25) is 10.1 Å². The molecule has 0 aliphatic heterocycles. The average molecular weight is 307 g/mol. The number of rotatable bonds is 5. The van der Waals surface area contributed by atoms with Crippen LogP contribution in [0.4, 0.5) is 5.69 Å². The third-order valence-corrected chi connectivity index (χ3v) is 5.51. The second kappa shape index (κ2) is 5.98. The number of quaternary nitrogens is 1. The largest absolute Gasteiger partial charge is 0.382 e. The van der Waals surface area contributed by atoms with Crippen LogP contribution in [0.3, 0.4) is 0 Å². The van der Waals surface area contributed by atoms with Crippen LogP contribution in [0.1, 0.15) is 11.4 Å². The summed E-state index contributed by atoms with van der Waals surface area (Å²) in [7, 11) is 5.40. The molecule has 2 atom stereocenters. The summed E-state index contributed by atoms with van der Waals surface area (Å²) in [6.45, 7) is 0.638. The van der Waals surface area contributed by atoms with Crippen LogP contribution in [-0.4, -0.2) is 42.2 Å². The minimum absolute atomic E-state index is 0.0920. The lowest BCUT2D eigenvalue weighted by atomic mass is 10.2. The van der Waals surface area contributed by atoms with Gasteiger partial charge in [0, 0.05) is 17.4 Å². The lowest BCUT2D eigenvalue weighted by Gasteiger charge is -2.27. The molecule has 0 fully saturated rings. The Hall–Kier alpha value is -1.68. The van der Waals surface area contributed by atoms with E-state index in [1.807, 2.05) is 33.3 Å². The van der Waals surface area contributed by atoms with Gasteiger partial charge in [0.2, 0.25) is 0 Å². The number of nitrogens with zero attached hydrogens (tertiary/aromatic N) is 2. The van der Waals surface area contributed by atoms with E-state index in [-0.39, 0.29) is 5.69 Å². The van der Waals surface area contributed by atoms with Gasteiger partial charge in [-0.25, -0.2) is 0 Å². The maximum Gasteiger partial charge on any atom is 0.269 e. The summed E-state index contributed by atoms with van der Waals surface area (Å²) >= 11 is 0. The first-order chi connectivity index (χ1) is 9.78. The predicted molar refractivity (Wildman–Crippen MR) is 85.0 cm³/mol. The molecule has 0 bridgehead atoms. The van der Waals surface area contributed by atoms with E-state index in [0.29, 0.717) is 11.0 Å². The van der Waals surface area contributed by atoms with Crippen LogP contribution in [0.15, 0.2) is 42.2 Å². The molecule has 5 nitrogen and oxygen atoms in total. The van der Waals surface area contributed by atoms with Gasteiger partial charge in [-0.1, -0.05) is 19.7 Å². The normalized spacial score (nSPS) is 14.0. The molecule has 1 aromatic carbocycles.